The van der Waals surface area contributed by atoms with Crippen LogP contribution in [0.4, 0.5) is 0 Å². The summed E-state index contributed by atoms with van der Waals surface area (Å²) < 4.78 is 18.7. The van der Waals surface area contributed by atoms with Gasteiger partial charge in [-0.05, 0) is 45.4 Å². The van der Waals surface area contributed by atoms with Crippen LogP contribution in [-0.2, 0) is 4.74 Å². The average Bonchev–Trinajstić information content (AvgIpc) is 3.20. The van der Waals surface area contributed by atoms with E-state index in [-0.39, 0.29) is 24.1 Å². The number of rotatable bonds is 6. The first kappa shape index (κ1) is 20.9. The summed E-state index contributed by atoms with van der Waals surface area (Å²) in [5, 5.41) is 15.4. The van der Waals surface area contributed by atoms with E-state index in [0.29, 0.717) is 28.9 Å². The van der Waals surface area contributed by atoms with E-state index >= 15 is 0 Å². The molecule has 162 valence electrons. The molecule has 0 amide bonds. The normalized spacial score (nSPS) is 21.1. The Hall–Kier alpha value is -2.36. The van der Waals surface area contributed by atoms with Gasteiger partial charge in [0, 0.05) is 13.1 Å². The van der Waals surface area contributed by atoms with Gasteiger partial charge in [-0.2, -0.15) is 4.52 Å². The first-order valence-corrected chi connectivity index (χ1v) is 11.0. The fourth-order valence-electron chi connectivity index (χ4n) is 4.11. The highest BCUT2D eigenvalue weighted by atomic mass is 32.1. The van der Waals surface area contributed by atoms with Crippen molar-refractivity contribution in [3.8, 4) is 17.4 Å². The maximum atomic E-state index is 11.0. The Kier molecular flexibility index (Phi) is 5.86. The maximum Gasteiger partial charge on any atom is 0.230 e. The van der Waals surface area contributed by atoms with Gasteiger partial charge in [-0.15, -0.1) is 5.10 Å². The van der Waals surface area contributed by atoms with Crippen molar-refractivity contribution in [3.63, 3.8) is 0 Å². The minimum atomic E-state index is -0.183. The van der Waals surface area contributed by atoms with Crippen LogP contribution in [0.15, 0.2) is 18.2 Å². The average molecular weight is 433 g/mol. The monoisotopic (exact) mass is 432 g/mol. The molecule has 4 rings (SSSR count). The predicted molar refractivity (Wildman–Crippen MR) is 115 cm³/mol. The van der Waals surface area contributed by atoms with Crippen LogP contribution >= 0.6 is 11.3 Å². The summed E-state index contributed by atoms with van der Waals surface area (Å²) in [4.78, 5) is 8.26. The van der Waals surface area contributed by atoms with E-state index in [1.807, 2.05) is 32.0 Å². The number of nitrogens with zero attached hydrogens (tertiary/aromatic N) is 4. The molecule has 1 N–H and O–H groups in total. The first-order valence-electron chi connectivity index (χ1n) is 10.2. The molecule has 0 saturated carbocycles. The fraction of sp³-hybridized carbons (Fsp3) is 0.524. The Labute approximate surface area is 180 Å². The van der Waals surface area contributed by atoms with Crippen molar-refractivity contribution in [1.29, 1.82) is 0 Å². The molecule has 3 aromatic rings. The Morgan fingerprint density at radius 1 is 1.27 bits per heavy atom. The van der Waals surface area contributed by atoms with Crippen LogP contribution in [0.2, 0.25) is 0 Å². The number of morpholine rings is 1. The van der Waals surface area contributed by atoms with Crippen molar-refractivity contribution in [1.82, 2.24) is 19.5 Å². The summed E-state index contributed by atoms with van der Waals surface area (Å²) in [5.41, 5.74) is 1.01. The molecule has 2 aromatic heterocycles. The van der Waals surface area contributed by atoms with E-state index in [1.165, 1.54) is 15.9 Å². The standard InChI is InChI=1S/C21H28N4O4S/c1-6-28-16-8-7-15(9-17(16)27-5)18(24-10-12(2)29-13(3)11-24)19-20(26)25-21(30-19)22-14(4)23-25/h7-9,12-13,18,26H,6,10-11H2,1-5H3/t12-,13-,18+/m0/s1. The molecule has 0 spiro atoms. The fourth-order valence-corrected chi connectivity index (χ4v) is 5.27. The molecule has 1 aliphatic heterocycles. The van der Waals surface area contributed by atoms with Crippen LogP contribution < -0.4 is 9.47 Å². The van der Waals surface area contributed by atoms with E-state index in [2.05, 4.69) is 28.8 Å². The lowest BCUT2D eigenvalue weighted by molar-refractivity contribution is -0.0764. The zero-order chi connectivity index (χ0) is 21.4. The predicted octanol–water partition coefficient (Wildman–Crippen LogP) is 3.41. The summed E-state index contributed by atoms with van der Waals surface area (Å²) in [5.74, 6) is 2.13. The van der Waals surface area contributed by atoms with Gasteiger partial charge >= 0.3 is 0 Å². The van der Waals surface area contributed by atoms with Crippen LogP contribution in [0.1, 0.15) is 43.1 Å². The first-order chi connectivity index (χ1) is 14.4. The lowest BCUT2D eigenvalue weighted by Gasteiger charge is -2.40. The topological polar surface area (TPSA) is 81.4 Å². The van der Waals surface area contributed by atoms with Gasteiger partial charge in [0.05, 0.1) is 36.8 Å². The lowest BCUT2D eigenvalue weighted by Crippen LogP contribution is -2.47. The molecule has 0 aliphatic carbocycles. The van der Waals surface area contributed by atoms with Crippen molar-refractivity contribution in [3.05, 3.63) is 34.5 Å². The molecular weight excluding hydrogens is 404 g/mol. The molecule has 1 aromatic carbocycles. The molecule has 1 fully saturated rings. The second kappa shape index (κ2) is 8.41. The van der Waals surface area contributed by atoms with Crippen LogP contribution in [-0.4, -0.2) is 63.6 Å². The summed E-state index contributed by atoms with van der Waals surface area (Å²) in [6.45, 7) is 9.97. The molecule has 3 heterocycles. The number of aryl methyl sites for hydroxylation is 1. The van der Waals surface area contributed by atoms with Gasteiger partial charge in [0.15, 0.2) is 11.5 Å². The lowest BCUT2D eigenvalue weighted by atomic mass is 10.0. The van der Waals surface area contributed by atoms with E-state index in [0.717, 1.165) is 23.5 Å². The van der Waals surface area contributed by atoms with E-state index < -0.39 is 0 Å². The minimum Gasteiger partial charge on any atom is -0.493 e. The molecule has 8 nitrogen and oxygen atoms in total. The van der Waals surface area contributed by atoms with Gasteiger partial charge in [-0.1, -0.05) is 17.4 Å². The third-order valence-electron chi connectivity index (χ3n) is 5.17. The minimum absolute atomic E-state index is 0.0902. The third kappa shape index (κ3) is 3.84. The smallest absolute Gasteiger partial charge is 0.230 e. The molecule has 9 heteroatoms. The Bertz CT molecular complexity index is 1020. The van der Waals surface area contributed by atoms with Crippen molar-refractivity contribution >= 4 is 16.3 Å². The summed E-state index contributed by atoms with van der Waals surface area (Å²) in [6, 6.07) is 5.76. The van der Waals surface area contributed by atoms with Crippen molar-refractivity contribution in [2.24, 2.45) is 0 Å². The Morgan fingerprint density at radius 2 is 2.00 bits per heavy atom. The van der Waals surface area contributed by atoms with Crippen LogP contribution in [0.3, 0.4) is 0 Å². The number of fused-ring (bicyclic) bond motifs is 1. The van der Waals surface area contributed by atoms with Crippen LogP contribution in [0.25, 0.3) is 4.96 Å². The van der Waals surface area contributed by atoms with Gasteiger partial charge in [-0.3, -0.25) is 4.90 Å². The molecule has 0 bridgehead atoms. The summed E-state index contributed by atoms with van der Waals surface area (Å²) in [6.07, 6.45) is 0.180. The van der Waals surface area contributed by atoms with E-state index in [1.54, 1.807) is 7.11 Å². The van der Waals surface area contributed by atoms with E-state index in [9.17, 15) is 5.11 Å². The van der Waals surface area contributed by atoms with Gasteiger partial charge in [-0.25, -0.2) is 4.98 Å². The molecule has 0 radical (unpaired) electrons. The van der Waals surface area contributed by atoms with Crippen molar-refractivity contribution in [2.75, 3.05) is 26.8 Å². The van der Waals surface area contributed by atoms with Crippen molar-refractivity contribution in [2.45, 2.75) is 45.9 Å². The zero-order valence-electron chi connectivity index (χ0n) is 18.0. The van der Waals surface area contributed by atoms with Crippen LogP contribution in [0.5, 0.6) is 17.4 Å². The van der Waals surface area contributed by atoms with Gasteiger partial charge < -0.3 is 19.3 Å². The number of aromatic nitrogens is 3. The number of hydrogen-bond acceptors (Lipinski definition) is 8. The molecule has 0 unspecified atom stereocenters. The largest absolute Gasteiger partial charge is 0.493 e. The quantitative estimate of drug-likeness (QED) is 0.639. The third-order valence-corrected chi connectivity index (χ3v) is 6.24. The number of benzene rings is 1. The number of ether oxygens (including phenoxy) is 3. The highest BCUT2D eigenvalue weighted by Crippen LogP contribution is 2.43. The number of aromatic hydroxyl groups is 1. The highest BCUT2D eigenvalue weighted by molar-refractivity contribution is 7.17. The molecule has 1 saturated heterocycles. The summed E-state index contributed by atoms with van der Waals surface area (Å²) in [7, 11) is 1.64. The number of methoxy groups -OCH3 is 1. The highest BCUT2D eigenvalue weighted by Gasteiger charge is 2.34. The Balaban J connectivity index is 1.83. The second-order valence-electron chi connectivity index (χ2n) is 7.60. The number of thiazole rings is 1. The molecule has 1 aliphatic rings. The van der Waals surface area contributed by atoms with Crippen LogP contribution in [0, 0.1) is 6.92 Å². The van der Waals surface area contributed by atoms with Gasteiger partial charge in [0.1, 0.15) is 5.82 Å². The number of hydrogen-bond donors (Lipinski definition) is 1. The molecule has 3 atom stereocenters. The molecular formula is C21H28N4O4S. The molecule has 30 heavy (non-hydrogen) atoms. The maximum absolute atomic E-state index is 11.0. The SMILES string of the molecule is CCOc1ccc([C@H](c2sc3nc(C)nn3c2O)N2C[C@H](C)O[C@@H](C)C2)cc1OC. The Morgan fingerprint density at radius 3 is 2.63 bits per heavy atom. The van der Waals surface area contributed by atoms with E-state index in [4.69, 9.17) is 14.2 Å². The van der Waals surface area contributed by atoms with Crippen molar-refractivity contribution < 1.29 is 19.3 Å². The zero-order valence-corrected chi connectivity index (χ0v) is 18.8. The second-order valence-corrected chi connectivity index (χ2v) is 8.61. The van der Waals surface area contributed by atoms with Gasteiger partial charge in [0.2, 0.25) is 10.8 Å². The summed E-state index contributed by atoms with van der Waals surface area (Å²) >= 11 is 1.46. The van der Waals surface area contributed by atoms with Gasteiger partial charge in [0.25, 0.3) is 0 Å².